The Morgan fingerprint density at radius 2 is 2.00 bits per heavy atom. The van der Waals surface area contributed by atoms with Crippen LogP contribution in [0.5, 0.6) is 0 Å². The van der Waals surface area contributed by atoms with E-state index >= 15 is 0 Å². The Kier molecular flexibility index (Phi) is 4.72. The second-order valence-corrected chi connectivity index (χ2v) is 2.92. The van der Waals surface area contributed by atoms with Gasteiger partial charge in [-0.1, -0.05) is 0 Å². The Balaban J connectivity index is 2.91. The van der Waals surface area contributed by atoms with Gasteiger partial charge in [-0.05, 0) is 40.4 Å². The number of hydrogen-bond donors (Lipinski definition) is 1. The Labute approximate surface area is 58.0 Å². The van der Waals surface area contributed by atoms with E-state index < -0.39 is 0 Å². The predicted molar refractivity (Wildman–Crippen MR) is 41.4 cm³/mol. The second kappa shape index (κ2) is 4.77. The molecule has 0 aliphatic rings. The van der Waals surface area contributed by atoms with E-state index in [1.165, 1.54) is 6.42 Å². The molecule has 0 amide bonds. The van der Waals surface area contributed by atoms with Gasteiger partial charge in [0, 0.05) is 6.04 Å². The lowest BCUT2D eigenvalue weighted by Crippen LogP contribution is -2.19. The first kappa shape index (κ1) is 8.92. The molecule has 2 heteroatoms. The van der Waals surface area contributed by atoms with Crippen LogP contribution in [0.3, 0.4) is 0 Å². The van der Waals surface area contributed by atoms with Crippen LogP contribution in [0.25, 0.3) is 0 Å². The summed E-state index contributed by atoms with van der Waals surface area (Å²) >= 11 is 0. The zero-order chi connectivity index (χ0) is 7.28. The normalized spacial score (nSPS) is 14.3. The minimum atomic E-state index is 0.366. The third kappa shape index (κ3) is 7.92. The molecule has 0 aromatic heterocycles. The van der Waals surface area contributed by atoms with Crippen molar-refractivity contribution in [2.75, 3.05) is 20.6 Å². The highest BCUT2D eigenvalue weighted by atomic mass is 15.0. The fourth-order valence-corrected chi connectivity index (χ4v) is 0.729. The number of nitrogens with zero attached hydrogens (tertiary/aromatic N) is 1. The van der Waals surface area contributed by atoms with E-state index in [4.69, 9.17) is 5.73 Å². The third-order valence-electron chi connectivity index (χ3n) is 1.26. The van der Waals surface area contributed by atoms with Crippen molar-refractivity contribution in [3.8, 4) is 0 Å². The molecule has 0 radical (unpaired) electrons. The summed E-state index contributed by atoms with van der Waals surface area (Å²) in [5.74, 6) is 0. The fraction of sp³-hybridized carbons (Fsp3) is 1.00. The van der Waals surface area contributed by atoms with Gasteiger partial charge < -0.3 is 10.6 Å². The molecule has 0 aromatic rings. The van der Waals surface area contributed by atoms with Crippen LogP contribution in [0, 0.1) is 0 Å². The zero-order valence-corrected chi connectivity index (χ0v) is 6.72. The lowest BCUT2D eigenvalue weighted by atomic mass is 10.2. The van der Waals surface area contributed by atoms with Gasteiger partial charge in [-0.3, -0.25) is 0 Å². The molecule has 1 unspecified atom stereocenters. The predicted octanol–water partition coefficient (Wildman–Crippen LogP) is 0.675. The van der Waals surface area contributed by atoms with Crippen molar-refractivity contribution < 1.29 is 0 Å². The summed E-state index contributed by atoms with van der Waals surface area (Å²) in [5, 5.41) is 0. The molecule has 0 rings (SSSR count). The SMILES string of the molecule is CC(N)CCCN(C)C. The van der Waals surface area contributed by atoms with Gasteiger partial charge in [0.05, 0.1) is 0 Å². The zero-order valence-electron chi connectivity index (χ0n) is 6.72. The molecule has 0 aromatic carbocycles. The van der Waals surface area contributed by atoms with E-state index in [1.54, 1.807) is 0 Å². The van der Waals surface area contributed by atoms with Crippen molar-refractivity contribution in [1.82, 2.24) is 4.90 Å². The van der Waals surface area contributed by atoms with E-state index in [0.717, 1.165) is 13.0 Å². The van der Waals surface area contributed by atoms with Gasteiger partial charge in [0.15, 0.2) is 0 Å². The quantitative estimate of drug-likeness (QED) is 0.606. The average molecular weight is 130 g/mol. The minimum Gasteiger partial charge on any atom is -0.328 e. The summed E-state index contributed by atoms with van der Waals surface area (Å²) in [7, 11) is 4.17. The van der Waals surface area contributed by atoms with Crippen molar-refractivity contribution in [3.63, 3.8) is 0 Å². The molecule has 2 N–H and O–H groups in total. The van der Waals surface area contributed by atoms with Crippen LogP contribution in [-0.2, 0) is 0 Å². The van der Waals surface area contributed by atoms with E-state index in [1.807, 2.05) is 0 Å². The van der Waals surface area contributed by atoms with Crippen molar-refractivity contribution >= 4 is 0 Å². The Bertz CT molecular complexity index is 51.9. The lowest BCUT2D eigenvalue weighted by molar-refractivity contribution is 0.387. The van der Waals surface area contributed by atoms with Crippen LogP contribution in [0.4, 0.5) is 0 Å². The monoisotopic (exact) mass is 130 g/mol. The molecular weight excluding hydrogens is 112 g/mol. The van der Waals surface area contributed by atoms with Gasteiger partial charge in [-0.25, -0.2) is 0 Å². The minimum absolute atomic E-state index is 0.366. The molecule has 0 aliphatic carbocycles. The summed E-state index contributed by atoms with van der Waals surface area (Å²) < 4.78 is 0. The Hall–Kier alpha value is -0.0800. The Morgan fingerprint density at radius 3 is 2.33 bits per heavy atom. The standard InChI is InChI=1S/C7H18N2/c1-7(8)5-4-6-9(2)3/h7H,4-6,8H2,1-3H3. The third-order valence-corrected chi connectivity index (χ3v) is 1.26. The van der Waals surface area contributed by atoms with Gasteiger partial charge in [-0.2, -0.15) is 0 Å². The van der Waals surface area contributed by atoms with Crippen LogP contribution >= 0.6 is 0 Å². The van der Waals surface area contributed by atoms with Crippen molar-refractivity contribution in [1.29, 1.82) is 0 Å². The first-order valence-electron chi connectivity index (χ1n) is 3.53. The van der Waals surface area contributed by atoms with Gasteiger partial charge in [0.2, 0.25) is 0 Å². The molecular formula is C7H18N2. The number of rotatable bonds is 4. The average Bonchev–Trinajstić information content (AvgIpc) is 1.63. The van der Waals surface area contributed by atoms with E-state index in [9.17, 15) is 0 Å². The highest BCUT2D eigenvalue weighted by Crippen LogP contribution is 1.93. The summed E-state index contributed by atoms with van der Waals surface area (Å²) in [6, 6.07) is 0.366. The molecule has 0 saturated carbocycles. The van der Waals surface area contributed by atoms with Crippen molar-refractivity contribution in [2.45, 2.75) is 25.8 Å². The molecule has 0 spiro atoms. The van der Waals surface area contributed by atoms with Crippen LogP contribution in [0.15, 0.2) is 0 Å². The maximum Gasteiger partial charge on any atom is 0.00109 e. The summed E-state index contributed by atoms with van der Waals surface area (Å²) in [4.78, 5) is 2.18. The van der Waals surface area contributed by atoms with Crippen molar-refractivity contribution in [3.05, 3.63) is 0 Å². The maximum absolute atomic E-state index is 5.56. The lowest BCUT2D eigenvalue weighted by Gasteiger charge is -2.09. The molecule has 2 nitrogen and oxygen atoms in total. The molecule has 0 bridgehead atoms. The van der Waals surface area contributed by atoms with Gasteiger partial charge >= 0.3 is 0 Å². The Morgan fingerprint density at radius 1 is 1.44 bits per heavy atom. The van der Waals surface area contributed by atoms with Crippen molar-refractivity contribution in [2.24, 2.45) is 5.73 Å². The van der Waals surface area contributed by atoms with Crippen LogP contribution in [0.2, 0.25) is 0 Å². The van der Waals surface area contributed by atoms with Crippen LogP contribution < -0.4 is 5.73 Å². The summed E-state index contributed by atoms with van der Waals surface area (Å²) in [6.07, 6.45) is 2.35. The van der Waals surface area contributed by atoms with Crippen LogP contribution in [-0.4, -0.2) is 31.6 Å². The topological polar surface area (TPSA) is 29.3 Å². The number of hydrogen-bond acceptors (Lipinski definition) is 2. The van der Waals surface area contributed by atoms with E-state index in [2.05, 4.69) is 25.9 Å². The molecule has 0 aliphatic heterocycles. The molecule has 1 atom stereocenters. The highest BCUT2D eigenvalue weighted by molar-refractivity contribution is 4.53. The van der Waals surface area contributed by atoms with Gasteiger partial charge in [0.25, 0.3) is 0 Å². The van der Waals surface area contributed by atoms with E-state index in [-0.39, 0.29) is 0 Å². The molecule has 9 heavy (non-hydrogen) atoms. The second-order valence-electron chi connectivity index (χ2n) is 2.92. The highest BCUT2D eigenvalue weighted by Gasteiger charge is 1.93. The first-order valence-corrected chi connectivity index (χ1v) is 3.53. The van der Waals surface area contributed by atoms with Gasteiger partial charge in [-0.15, -0.1) is 0 Å². The fourth-order valence-electron chi connectivity index (χ4n) is 0.729. The molecule has 0 fully saturated rings. The smallest absolute Gasteiger partial charge is 0.00109 e. The van der Waals surface area contributed by atoms with Gasteiger partial charge in [0.1, 0.15) is 0 Å². The first-order chi connectivity index (χ1) is 4.13. The molecule has 56 valence electrons. The summed E-state index contributed by atoms with van der Waals surface area (Å²) in [6.45, 7) is 3.21. The largest absolute Gasteiger partial charge is 0.328 e. The number of nitrogens with two attached hydrogens (primary N) is 1. The molecule has 0 saturated heterocycles. The van der Waals surface area contributed by atoms with E-state index in [0.29, 0.717) is 6.04 Å². The summed E-state index contributed by atoms with van der Waals surface area (Å²) in [5.41, 5.74) is 5.56. The van der Waals surface area contributed by atoms with Crippen LogP contribution in [0.1, 0.15) is 19.8 Å². The maximum atomic E-state index is 5.56. The molecule has 0 heterocycles.